The lowest BCUT2D eigenvalue weighted by Crippen LogP contribution is -2.07. The van der Waals surface area contributed by atoms with E-state index in [1.807, 2.05) is 25.3 Å². The fourth-order valence-corrected chi connectivity index (χ4v) is 2.31. The average molecular weight is 286 g/mol. The summed E-state index contributed by atoms with van der Waals surface area (Å²) in [6.45, 7) is 6.33. The standard InChI is InChI=1S/C15H18N4O2/c1-9(2)14-13-11(7-16)8-19(6-5-12(20)21-4)15(13)18-10(3)17-14/h8-9H,5-6H2,1-4H3. The summed E-state index contributed by atoms with van der Waals surface area (Å²) in [5.74, 6) is 0.566. The van der Waals surface area contributed by atoms with Crippen LogP contribution < -0.4 is 0 Å². The number of nitriles is 1. The second-order valence-electron chi connectivity index (χ2n) is 5.18. The van der Waals surface area contributed by atoms with E-state index in [1.54, 1.807) is 6.20 Å². The molecule has 0 radical (unpaired) electrons. The Kier molecular flexibility index (Phi) is 4.22. The molecule has 0 amide bonds. The van der Waals surface area contributed by atoms with Crippen LogP contribution in [-0.4, -0.2) is 27.6 Å². The summed E-state index contributed by atoms with van der Waals surface area (Å²) < 4.78 is 6.48. The van der Waals surface area contributed by atoms with Crippen molar-refractivity contribution in [3.8, 4) is 6.07 Å². The topological polar surface area (TPSA) is 80.8 Å². The third-order valence-corrected chi connectivity index (χ3v) is 3.31. The Morgan fingerprint density at radius 3 is 2.76 bits per heavy atom. The summed E-state index contributed by atoms with van der Waals surface area (Å²) in [5.41, 5.74) is 2.11. The molecule has 0 atom stereocenters. The highest BCUT2D eigenvalue weighted by Gasteiger charge is 2.18. The molecule has 0 bridgehead atoms. The van der Waals surface area contributed by atoms with Gasteiger partial charge in [-0.05, 0) is 12.8 Å². The van der Waals surface area contributed by atoms with Crippen molar-refractivity contribution in [2.45, 2.75) is 39.7 Å². The van der Waals surface area contributed by atoms with Crippen LogP contribution in [0.4, 0.5) is 0 Å². The molecule has 0 aromatic carbocycles. The summed E-state index contributed by atoms with van der Waals surface area (Å²) in [5, 5.41) is 10.1. The number of ether oxygens (including phenoxy) is 1. The number of carbonyl (C=O) groups excluding carboxylic acids is 1. The van der Waals surface area contributed by atoms with Crippen LogP contribution in [0.15, 0.2) is 6.20 Å². The van der Waals surface area contributed by atoms with Crippen molar-refractivity contribution in [2.24, 2.45) is 0 Å². The van der Waals surface area contributed by atoms with Crippen LogP contribution in [0.3, 0.4) is 0 Å². The van der Waals surface area contributed by atoms with E-state index < -0.39 is 0 Å². The van der Waals surface area contributed by atoms with E-state index in [1.165, 1.54) is 7.11 Å². The maximum atomic E-state index is 11.3. The molecule has 2 heterocycles. The van der Waals surface area contributed by atoms with Crippen molar-refractivity contribution in [3.63, 3.8) is 0 Å². The number of fused-ring (bicyclic) bond motifs is 1. The Balaban J connectivity index is 2.58. The highest BCUT2D eigenvalue weighted by Crippen LogP contribution is 2.27. The van der Waals surface area contributed by atoms with Gasteiger partial charge in [0.25, 0.3) is 0 Å². The first kappa shape index (κ1) is 15.0. The highest BCUT2D eigenvalue weighted by molar-refractivity contribution is 5.86. The summed E-state index contributed by atoms with van der Waals surface area (Å²) in [4.78, 5) is 20.2. The van der Waals surface area contributed by atoms with Gasteiger partial charge in [-0.2, -0.15) is 5.26 Å². The molecular weight excluding hydrogens is 268 g/mol. The zero-order valence-electron chi connectivity index (χ0n) is 12.7. The van der Waals surface area contributed by atoms with Crippen molar-refractivity contribution in [1.82, 2.24) is 14.5 Å². The maximum Gasteiger partial charge on any atom is 0.307 e. The van der Waals surface area contributed by atoms with Crippen LogP contribution in [0.5, 0.6) is 0 Å². The first-order chi connectivity index (χ1) is 9.97. The molecule has 0 saturated heterocycles. The van der Waals surface area contributed by atoms with Crippen molar-refractivity contribution in [3.05, 3.63) is 23.3 Å². The van der Waals surface area contributed by atoms with Crippen molar-refractivity contribution >= 4 is 17.0 Å². The lowest BCUT2D eigenvalue weighted by molar-refractivity contribution is -0.140. The summed E-state index contributed by atoms with van der Waals surface area (Å²) in [6, 6.07) is 2.19. The van der Waals surface area contributed by atoms with Gasteiger partial charge in [0, 0.05) is 12.7 Å². The molecule has 2 rings (SSSR count). The first-order valence-corrected chi connectivity index (χ1v) is 6.82. The van der Waals surface area contributed by atoms with Crippen LogP contribution in [0.25, 0.3) is 11.0 Å². The van der Waals surface area contributed by atoms with Gasteiger partial charge in [-0.1, -0.05) is 13.8 Å². The molecule has 21 heavy (non-hydrogen) atoms. The van der Waals surface area contributed by atoms with Gasteiger partial charge in [0.1, 0.15) is 17.5 Å². The van der Waals surface area contributed by atoms with Gasteiger partial charge in [-0.3, -0.25) is 4.79 Å². The Morgan fingerprint density at radius 1 is 1.48 bits per heavy atom. The Hall–Kier alpha value is -2.42. The minimum atomic E-state index is -0.287. The molecule has 0 unspecified atom stereocenters. The van der Waals surface area contributed by atoms with Gasteiger partial charge in [-0.15, -0.1) is 0 Å². The molecule has 6 heteroatoms. The predicted octanol–water partition coefficient (Wildman–Crippen LogP) is 2.30. The number of carbonyl (C=O) groups is 1. The number of esters is 1. The van der Waals surface area contributed by atoms with Crippen LogP contribution in [-0.2, 0) is 16.1 Å². The smallest absolute Gasteiger partial charge is 0.307 e. The number of aromatic nitrogens is 3. The molecule has 0 aliphatic heterocycles. The Morgan fingerprint density at radius 2 is 2.19 bits per heavy atom. The molecule has 0 spiro atoms. The van der Waals surface area contributed by atoms with Gasteiger partial charge in [0.15, 0.2) is 0 Å². The van der Waals surface area contributed by atoms with Gasteiger partial charge < -0.3 is 9.30 Å². The molecule has 0 N–H and O–H groups in total. The second-order valence-corrected chi connectivity index (χ2v) is 5.18. The van der Waals surface area contributed by atoms with E-state index in [2.05, 4.69) is 20.8 Å². The van der Waals surface area contributed by atoms with Crippen molar-refractivity contribution in [1.29, 1.82) is 5.26 Å². The van der Waals surface area contributed by atoms with Crippen LogP contribution in [0.1, 0.15) is 43.3 Å². The first-order valence-electron chi connectivity index (χ1n) is 6.82. The quantitative estimate of drug-likeness (QED) is 0.805. The zero-order chi connectivity index (χ0) is 15.6. The van der Waals surface area contributed by atoms with Gasteiger partial charge in [0.05, 0.1) is 30.2 Å². The van der Waals surface area contributed by atoms with E-state index in [9.17, 15) is 10.1 Å². The van der Waals surface area contributed by atoms with E-state index in [-0.39, 0.29) is 18.3 Å². The third kappa shape index (κ3) is 2.87. The third-order valence-electron chi connectivity index (χ3n) is 3.31. The summed E-state index contributed by atoms with van der Waals surface area (Å²) in [7, 11) is 1.36. The SMILES string of the molecule is COC(=O)CCn1cc(C#N)c2c(C(C)C)nc(C)nc21. The minimum absolute atomic E-state index is 0.192. The molecule has 2 aromatic heterocycles. The van der Waals surface area contributed by atoms with E-state index in [0.29, 0.717) is 23.6 Å². The monoisotopic (exact) mass is 286 g/mol. The molecule has 110 valence electrons. The molecule has 0 saturated carbocycles. The number of hydrogen-bond donors (Lipinski definition) is 0. The summed E-state index contributed by atoms with van der Waals surface area (Å²) in [6.07, 6.45) is 1.97. The van der Waals surface area contributed by atoms with Crippen molar-refractivity contribution < 1.29 is 9.53 Å². The lowest BCUT2D eigenvalue weighted by atomic mass is 10.0. The molecule has 0 aliphatic rings. The Labute approximate surface area is 123 Å². The normalized spacial score (nSPS) is 10.9. The zero-order valence-corrected chi connectivity index (χ0v) is 12.7. The Bertz CT molecular complexity index is 725. The lowest BCUT2D eigenvalue weighted by Gasteiger charge is -2.09. The van der Waals surface area contributed by atoms with Gasteiger partial charge in [-0.25, -0.2) is 9.97 Å². The molecule has 6 nitrogen and oxygen atoms in total. The van der Waals surface area contributed by atoms with Crippen LogP contribution in [0.2, 0.25) is 0 Å². The number of rotatable bonds is 4. The fourth-order valence-electron chi connectivity index (χ4n) is 2.31. The van der Waals surface area contributed by atoms with Gasteiger partial charge in [0.2, 0.25) is 0 Å². The molecule has 2 aromatic rings. The predicted molar refractivity (Wildman–Crippen MR) is 77.7 cm³/mol. The average Bonchev–Trinajstić information content (AvgIpc) is 2.81. The molecular formula is C15H18N4O2. The van der Waals surface area contributed by atoms with Gasteiger partial charge >= 0.3 is 5.97 Å². The maximum absolute atomic E-state index is 11.3. The van der Waals surface area contributed by atoms with Crippen molar-refractivity contribution in [2.75, 3.05) is 7.11 Å². The molecule has 0 fully saturated rings. The number of aryl methyl sites for hydroxylation is 2. The number of methoxy groups -OCH3 is 1. The fraction of sp³-hybridized carbons (Fsp3) is 0.467. The summed E-state index contributed by atoms with van der Waals surface area (Å²) >= 11 is 0. The van der Waals surface area contributed by atoms with Crippen LogP contribution >= 0.6 is 0 Å². The largest absolute Gasteiger partial charge is 0.469 e. The second kappa shape index (κ2) is 5.92. The van der Waals surface area contributed by atoms with E-state index in [4.69, 9.17) is 0 Å². The van der Waals surface area contributed by atoms with Crippen LogP contribution in [0, 0.1) is 18.3 Å². The highest BCUT2D eigenvalue weighted by atomic mass is 16.5. The number of nitrogens with zero attached hydrogens (tertiary/aromatic N) is 4. The van der Waals surface area contributed by atoms with E-state index >= 15 is 0 Å². The van der Waals surface area contributed by atoms with E-state index in [0.717, 1.165) is 11.1 Å². The number of hydrogen-bond acceptors (Lipinski definition) is 5. The minimum Gasteiger partial charge on any atom is -0.469 e. The molecule has 0 aliphatic carbocycles.